The summed E-state index contributed by atoms with van der Waals surface area (Å²) >= 11 is 0. The van der Waals surface area contributed by atoms with Crippen molar-refractivity contribution in [2.45, 2.75) is 51.7 Å². The quantitative estimate of drug-likeness (QED) is 0.718. The molecule has 0 radical (unpaired) electrons. The van der Waals surface area contributed by atoms with E-state index in [1.54, 1.807) is 0 Å². The van der Waals surface area contributed by atoms with E-state index in [9.17, 15) is 4.79 Å². The third-order valence-electron chi connectivity index (χ3n) is 4.36. The van der Waals surface area contributed by atoms with Crippen LogP contribution in [0.5, 0.6) is 0 Å². The molecule has 0 aromatic heterocycles. The van der Waals surface area contributed by atoms with Crippen LogP contribution in [0.15, 0.2) is 0 Å². The number of unbranched alkanes of at least 4 members (excludes halogenated alkanes) is 1. The van der Waals surface area contributed by atoms with Crippen LogP contribution >= 0.6 is 0 Å². The topological polar surface area (TPSA) is 53.6 Å². The Kier molecular flexibility index (Phi) is 6.93. The Morgan fingerprint density at radius 1 is 1.29 bits per heavy atom. The van der Waals surface area contributed by atoms with Crippen molar-refractivity contribution in [1.29, 1.82) is 0 Å². The predicted octanol–water partition coefficient (Wildman–Crippen LogP) is 0.992. The molecule has 3 unspecified atom stereocenters. The number of nitrogens with zero attached hydrogens (tertiary/aromatic N) is 1. The number of ether oxygens (including phenoxy) is 1. The number of carbonyl (C=O) groups excluding carboxylic acids is 1. The van der Waals surface area contributed by atoms with Gasteiger partial charge < -0.3 is 15.4 Å². The molecule has 0 saturated carbocycles. The van der Waals surface area contributed by atoms with Gasteiger partial charge in [-0.3, -0.25) is 9.69 Å². The SMILES string of the molecule is CC1CN(CCCCNC(=O)C2CCCNC2)CC(C)O1. The summed E-state index contributed by atoms with van der Waals surface area (Å²) in [5.74, 6) is 0.413. The summed E-state index contributed by atoms with van der Waals surface area (Å²) in [6.07, 6.45) is 5.03. The molecule has 0 bridgehead atoms. The third kappa shape index (κ3) is 5.93. The second-order valence-electron chi connectivity index (χ2n) is 6.56. The van der Waals surface area contributed by atoms with Crippen molar-refractivity contribution in [2.24, 2.45) is 5.92 Å². The number of piperidine rings is 1. The monoisotopic (exact) mass is 297 g/mol. The third-order valence-corrected chi connectivity index (χ3v) is 4.36. The van der Waals surface area contributed by atoms with Crippen LogP contribution in [0.3, 0.4) is 0 Å². The van der Waals surface area contributed by atoms with Gasteiger partial charge in [0.25, 0.3) is 0 Å². The first-order chi connectivity index (χ1) is 10.1. The van der Waals surface area contributed by atoms with Gasteiger partial charge in [0.1, 0.15) is 0 Å². The number of hydrogen-bond donors (Lipinski definition) is 2. The fraction of sp³-hybridized carbons (Fsp3) is 0.938. The average molecular weight is 297 g/mol. The molecule has 2 aliphatic heterocycles. The van der Waals surface area contributed by atoms with Crippen molar-refractivity contribution in [1.82, 2.24) is 15.5 Å². The Morgan fingerprint density at radius 2 is 2.05 bits per heavy atom. The van der Waals surface area contributed by atoms with Gasteiger partial charge in [-0.25, -0.2) is 0 Å². The molecule has 2 fully saturated rings. The maximum Gasteiger partial charge on any atom is 0.224 e. The average Bonchev–Trinajstić information content (AvgIpc) is 2.46. The summed E-state index contributed by atoms with van der Waals surface area (Å²) in [6, 6.07) is 0. The zero-order valence-electron chi connectivity index (χ0n) is 13.6. The Bertz CT molecular complexity index is 309. The lowest BCUT2D eigenvalue weighted by molar-refractivity contribution is -0.125. The van der Waals surface area contributed by atoms with E-state index in [4.69, 9.17) is 4.74 Å². The minimum Gasteiger partial charge on any atom is -0.373 e. The van der Waals surface area contributed by atoms with Crippen molar-refractivity contribution in [3.05, 3.63) is 0 Å². The van der Waals surface area contributed by atoms with Crippen molar-refractivity contribution < 1.29 is 9.53 Å². The van der Waals surface area contributed by atoms with Crippen molar-refractivity contribution in [3.63, 3.8) is 0 Å². The number of hydrogen-bond acceptors (Lipinski definition) is 4. The number of carbonyl (C=O) groups is 1. The van der Waals surface area contributed by atoms with E-state index in [0.717, 1.165) is 65.0 Å². The van der Waals surface area contributed by atoms with Crippen LogP contribution < -0.4 is 10.6 Å². The molecule has 2 N–H and O–H groups in total. The van der Waals surface area contributed by atoms with Crippen molar-refractivity contribution in [2.75, 3.05) is 39.3 Å². The molecule has 2 saturated heterocycles. The van der Waals surface area contributed by atoms with Crippen LogP contribution in [0.1, 0.15) is 39.5 Å². The molecular weight excluding hydrogens is 266 g/mol. The van der Waals surface area contributed by atoms with Crippen LogP contribution in [0, 0.1) is 5.92 Å². The molecule has 122 valence electrons. The van der Waals surface area contributed by atoms with Crippen molar-refractivity contribution >= 4 is 5.91 Å². The molecule has 21 heavy (non-hydrogen) atoms. The van der Waals surface area contributed by atoms with Gasteiger partial charge >= 0.3 is 0 Å². The lowest BCUT2D eigenvalue weighted by Crippen LogP contribution is -2.45. The fourth-order valence-electron chi connectivity index (χ4n) is 3.36. The van der Waals surface area contributed by atoms with Crippen LogP contribution in [-0.4, -0.2) is 62.3 Å². The van der Waals surface area contributed by atoms with Gasteiger partial charge in [0.15, 0.2) is 0 Å². The van der Waals surface area contributed by atoms with Crippen LogP contribution in [0.25, 0.3) is 0 Å². The van der Waals surface area contributed by atoms with Gasteiger partial charge in [0, 0.05) is 26.2 Å². The first-order valence-electron chi connectivity index (χ1n) is 8.51. The number of morpholine rings is 1. The molecule has 1 amide bonds. The summed E-state index contributed by atoms with van der Waals surface area (Å²) in [7, 11) is 0. The van der Waals surface area contributed by atoms with Crippen LogP contribution in [0.4, 0.5) is 0 Å². The molecule has 2 heterocycles. The van der Waals surface area contributed by atoms with E-state index in [0.29, 0.717) is 12.2 Å². The molecule has 2 aliphatic rings. The molecule has 2 rings (SSSR count). The van der Waals surface area contributed by atoms with Gasteiger partial charge in [0.2, 0.25) is 5.91 Å². The zero-order valence-corrected chi connectivity index (χ0v) is 13.6. The Morgan fingerprint density at radius 3 is 2.71 bits per heavy atom. The van der Waals surface area contributed by atoms with E-state index in [1.807, 2.05) is 0 Å². The first-order valence-corrected chi connectivity index (χ1v) is 8.51. The standard InChI is InChI=1S/C16H31N3O2/c1-13-11-19(12-14(2)21-13)9-4-3-8-18-16(20)15-6-5-7-17-10-15/h13-15,17H,3-12H2,1-2H3,(H,18,20). The molecule has 5 nitrogen and oxygen atoms in total. The van der Waals surface area contributed by atoms with E-state index in [1.165, 1.54) is 0 Å². The van der Waals surface area contributed by atoms with Gasteiger partial charge in [-0.2, -0.15) is 0 Å². The van der Waals surface area contributed by atoms with E-state index < -0.39 is 0 Å². The van der Waals surface area contributed by atoms with Gasteiger partial charge in [-0.05, 0) is 52.6 Å². The molecule has 0 aromatic rings. The van der Waals surface area contributed by atoms with Gasteiger partial charge in [-0.15, -0.1) is 0 Å². The molecule has 0 aromatic carbocycles. The highest BCUT2D eigenvalue weighted by Crippen LogP contribution is 2.11. The predicted molar refractivity (Wildman–Crippen MR) is 84.3 cm³/mol. The molecule has 0 spiro atoms. The lowest BCUT2D eigenvalue weighted by atomic mass is 9.99. The Balaban J connectivity index is 1.52. The summed E-state index contributed by atoms with van der Waals surface area (Å²) < 4.78 is 5.74. The summed E-state index contributed by atoms with van der Waals surface area (Å²) in [5.41, 5.74) is 0. The number of amides is 1. The molecular formula is C16H31N3O2. The first kappa shape index (κ1) is 16.7. The summed E-state index contributed by atoms with van der Waals surface area (Å²) in [4.78, 5) is 14.4. The highest BCUT2D eigenvalue weighted by atomic mass is 16.5. The van der Waals surface area contributed by atoms with Gasteiger partial charge in [0.05, 0.1) is 18.1 Å². The fourth-order valence-corrected chi connectivity index (χ4v) is 3.36. The maximum atomic E-state index is 12.0. The van der Waals surface area contributed by atoms with E-state index >= 15 is 0 Å². The smallest absolute Gasteiger partial charge is 0.224 e. The van der Waals surface area contributed by atoms with E-state index in [-0.39, 0.29) is 11.8 Å². The minimum atomic E-state index is 0.180. The highest BCUT2D eigenvalue weighted by molar-refractivity contribution is 5.78. The largest absolute Gasteiger partial charge is 0.373 e. The van der Waals surface area contributed by atoms with Gasteiger partial charge in [-0.1, -0.05) is 0 Å². The number of rotatable bonds is 6. The second-order valence-corrected chi connectivity index (χ2v) is 6.56. The normalized spacial score (nSPS) is 31.0. The second kappa shape index (κ2) is 8.71. The molecule has 0 aliphatic carbocycles. The van der Waals surface area contributed by atoms with Crippen LogP contribution in [0.2, 0.25) is 0 Å². The minimum absolute atomic E-state index is 0.180. The summed E-state index contributed by atoms with van der Waals surface area (Å²) in [5, 5.41) is 6.37. The Hall–Kier alpha value is -0.650. The summed E-state index contributed by atoms with van der Waals surface area (Å²) in [6.45, 7) is 10.2. The lowest BCUT2D eigenvalue weighted by Gasteiger charge is -2.35. The van der Waals surface area contributed by atoms with Crippen LogP contribution in [-0.2, 0) is 9.53 Å². The zero-order chi connectivity index (χ0) is 15.1. The van der Waals surface area contributed by atoms with E-state index in [2.05, 4.69) is 29.4 Å². The molecule has 5 heteroatoms. The Labute approximate surface area is 128 Å². The molecule has 3 atom stereocenters. The maximum absolute atomic E-state index is 12.0. The highest BCUT2D eigenvalue weighted by Gasteiger charge is 2.22. The van der Waals surface area contributed by atoms with Crippen molar-refractivity contribution in [3.8, 4) is 0 Å². The number of nitrogens with one attached hydrogen (secondary N) is 2.